The lowest BCUT2D eigenvalue weighted by Gasteiger charge is -2.45. The molecule has 24 aromatic rings. The van der Waals surface area contributed by atoms with Crippen molar-refractivity contribution in [3.63, 3.8) is 0 Å². The van der Waals surface area contributed by atoms with Gasteiger partial charge in [-0.3, -0.25) is 0 Å². The normalized spacial score (nSPS) is 13.8. The number of para-hydroxylation sites is 13. The highest BCUT2D eigenvalue weighted by Crippen LogP contribution is 2.62. The molecule has 8 heterocycles. The van der Waals surface area contributed by atoms with Gasteiger partial charge in [-0.1, -0.05) is 339 Å². The first-order valence-electron chi connectivity index (χ1n) is 47.8. The first-order chi connectivity index (χ1) is 67.3. The molecule has 4 aromatic heterocycles. The maximum atomic E-state index is 2.53. The first-order valence-corrected chi connectivity index (χ1v) is 47.8. The molecule has 0 spiro atoms. The SMILES string of the molecule is CC1(C)c2ccccc2-c2ccc(N(c3ccccc3)c3ccc4c(c3)c3cccc5c3n4-c3ccccc3C5(C)C)cc21.CC1(C)c2ccccc2N2c3c(cccc31)-n1c3ccccc3c3cc(N(c4ccccc4)c4ccccc4)cc2c31.c1ccc(-c2cc(-c3ccccc3)cc(N3c4ccccc4-n4c5ccccc5c5cc(-n6c7ccccc7c7ccccc76)cc3c54)c2)cc1. The quantitative estimate of drug-likeness (QED) is 0.137. The van der Waals surface area contributed by atoms with Gasteiger partial charge in [0.15, 0.2) is 0 Å². The summed E-state index contributed by atoms with van der Waals surface area (Å²) >= 11 is 0. The topological polar surface area (TPSA) is 32.7 Å². The fourth-order valence-corrected chi connectivity index (χ4v) is 23.9. The van der Waals surface area contributed by atoms with Gasteiger partial charge in [0.25, 0.3) is 0 Å². The van der Waals surface area contributed by atoms with Gasteiger partial charge in [0.05, 0.1) is 89.6 Å². The van der Waals surface area contributed by atoms with Crippen LogP contribution in [0.4, 0.5) is 68.2 Å². The number of anilines is 12. The van der Waals surface area contributed by atoms with Crippen LogP contribution in [0.25, 0.3) is 143 Å². The Bertz CT molecular complexity index is 8930. The molecule has 1 aliphatic carbocycles. The van der Waals surface area contributed by atoms with Crippen LogP contribution in [0, 0.1) is 0 Å². The van der Waals surface area contributed by atoms with Crippen molar-refractivity contribution in [1.82, 2.24) is 18.3 Å². The Balaban J connectivity index is 0.000000104. The summed E-state index contributed by atoms with van der Waals surface area (Å²) in [6.07, 6.45) is 0. The van der Waals surface area contributed by atoms with Crippen molar-refractivity contribution in [2.75, 3.05) is 19.6 Å². The molecule has 137 heavy (non-hydrogen) atoms. The van der Waals surface area contributed by atoms with Gasteiger partial charge in [0.2, 0.25) is 0 Å². The molecular weight excluding hydrogens is 1660 g/mol. The third kappa shape index (κ3) is 11.9. The molecular formula is C129H94N8. The summed E-state index contributed by atoms with van der Waals surface area (Å²) in [5, 5.41) is 10.1. The highest BCUT2D eigenvalue weighted by Gasteiger charge is 2.44. The number of rotatable bonds is 10. The molecule has 0 N–H and O–H groups in total. The monoisotopic (exact) mass is 1750 g/mol. The van der Waals surface area contributed by atoms with Crippen LogP contribution in [-0.2, 0) is 16.2 Å². The Morgan fingerprint density at radius 3 is 1.17 bits per heavy atom. The average Bonchev–Trinajstić information content (AvgIpc) is 1.62. The van der Waals surface area contributed by atoms with Gasteiger partial charge >= 0.3 is 0 Å². The first kappa shape index (κ1) is 79.5. The maximum absolute atomic E-state index is 2.53. The van der Waals surface area contributed by atoms with Gasteiger partial charge in [-0.05, 0) is 231 Å². The predicted octanol–water partition coefficient (Wildman–Crippen LogP) is 34.9. The summed E-state index contributed by atoms with van der Waals surface area (Å²) < 4.78 is 9.91. The predicted molar refractivity (Wildman–Crippen MR) is 575 cm³/mol. The molecule has 0 bridgehead atoms. The number of benzene rings is 20. The van der Waals surface area contributed by atoms with E-state index < -0.39 is 0 Å². The highest BCUT2D eigenvalue weighted by molar-refractivity contribution is 6.21. The molecule has 0 unspecified atom stereocenters. The van der Waals surface area contributed by atoms with Gasteiger partial charge in [-0.15, -0.1) is 0 Å². The van der Waals surface area contributed by atoms with E-state index in [1.165, 1.54) is 194 Å². The van der Waals surface area contributed by atoms with E-state index in [1.807, 2.05) is 0 Å². The summed E-state index contributed by atoms with van der Waals surface area (Å²) in [7, 11) is 0. The fraction of sp³-hybridized carbons (Fsp3) is 0.0698. The van der Waals surface area contributed by atoms with Crippen molar-refractivity contribution < 1.29 is 0 Å². The molecule has 29 rings (SSSR count). The number of hydrogen-bond acceptors (Lipinski definition) is 4. The molecule has 0 saturated carbocycles. The highest BCUT2D eigenvalue weighted by atomic mass is 15.2. The second-order valence-electron chi connectivity index (χ2n) is 38.7. The summed E-state index contributed by atoms with van der Waals surface area (Å²) in [5.41, 5.74) is 44.2. The van der Waals surface area contributed by atoms with Gasteiger partial charge in [0.1, 0.15) is 0 Å². The minimum absolute atomic E-state index is 0.0620. The van der Waals surface area contributed by atoms with Crippen LogP contribution in [-0.4, -0.2) is 18.3 Å². The van der Waals surface area contributed by atoms with Gasteiger partial charge in [-0.2, -0.15) is 0 Å². The van der Waals surface area contributed by atoms with E-state index in [-0.39, 0.29) is 16.2 Å². The average molecular weight is 1760 g/mol. The molecule has 0 saturated heterocycles. The van der Waals surface area contributed by atoms with Crippen molar-refractivity contribution in [3.8, 4) is 56.1 Å². The number of fused-ring (bicyclic) bond motifs is 23. The summed E-state index contributed by atoms with van der Waals surface area (Å²) in [6, 6.07) is 169. The van der Waals surface area contributed by atoms with E-state index in [9.17, 15) is 0 Å². The Kier molecular flexibility index (Phi) is 17.7. The second kappa shape index (κ2) is 30.4. The van der Waals surface area contributed by atoms with E-state index in [4.69, 9.17) is 0 Å². The van der Waals surface area contributed by atoms with E-state index in [0.717, 1.165) is 51.2 Å². The lowest BCUT2D eigenvalue weighted by atomic mass is 9.73. The van der Waals surface area contributed by atoms with Crippen molar-refractivity contribution in [3.05, 3.63) is 494 Å². The van der Waals surface area contributed by atoms with Crippen LogP contribution in [0.3, 0.4) is 0 Å². The molecule has 0 radical (unpaired) electrons. The molecule has 4 aliphatic heterocycles. The van der Waals surface area contributed by atoms with Gasteiger partial charge in [-0.25, -0.2) is 0 Å². The molecule has 0 amide bonds. The second-order valence-corrected chi connectivity index (χ2v) is 38.7. The van der Waals surface area contributed by atoms with E-state index in [2.05, 4.69) is 540 Å². The van der Waals surface area contributed by atoms with Crippen molar-refractivity contribution >= 4 is 155 Å². The molecule has 5 aliphatic rings. The lowest BCUT2D eigenvalue weighted by Crippen LogP contribution is -2.33. The zero-order valence-corrected chi connectivity index (χ0v) is 77.0. The zero-order chi connectivity index (χ0) is 91.3. The van der Waals surface area contributed by atoms with E-state index in [1.54, 1.807) is 0 Å². The third-order valence-corrected chi connectivity index (χ3v) is 30.2. The fourth-order valence-electron chi connectivity index (χ4n) is 23.9. The smallest absolute Gasteiger partial charge is 0.0784 e. The molecule has 20 aromatic carbocycles. The molecule has 8 heteroatoms. The third-order valence-electron chi connectivity index (χ3n) is 30.2. The molecule has 0 fully saturated rings. The number of hydrogen-bond donors (Lipinski definition) is 0. The minimum atomic E-state index is -0.129. The van der Waals surface area contributed by atoms with Crippen LogP contribution in [0.1, 0.15) is 74.9 Å². The Hall–Kier alpha value is -17.2. The summed E-state index contributed by atoms with van der Waals surface area (Å²) in [5.74, 6) is 0. The van der Waals surface area contributed by atoms with Gasteiger partial charge in [0, 0.05) is 105 Å². The largest absolute Gasteiger partial charge is 0.310 e. The van der Waals surface area contributed by atoms with Crippen LogP contribution in [0.15, 0.2) is 461 Å². The van der Waals surface area contributed by atoms with Crippen molar-refractivity contribution in [1.29, 1.82) is 0 Å². The minimum Gasteiger partial charge on any atom is -0.310 e. The van der Waals surface area contributed by atoms with Crippen molar-refractivity contribution in [2.24, 2.45) is 0 Å². The van der Waals surface area contributed by atoms with Crippen molar-refractivity contribution in [2.45, 2.75) is 57.8 Å². The number of nitrogens with zero attached hydrogens (tertiary/aromatic N) is 8. The van der Waals surface area contributed by atoms with Crippen LogP contribution in [0.5, 0.6) is 0 Å². The Morgan fingerprint density at radius 1 is 0.175 bits per heavy atom. The molecule has 8 nitrogen and oxygen atoms in total. The van der Waals surface area contributed by atoms with E-state index in [0.29, 0.717) is 0 Å². The molecule has 0 atom stereocenters. The summed E-state index contributed by atoms with van der Waals surface area (Å²) in [6.45, 7) is 14.2. The Morgan fingerprint density at radius 2 is 0.562 bits per heavy atom. The number of aromatic nitrogens is 4. The standard InChI is InChI=1S/C48H31N3.C42H34N2.C39H29N3/c1-3-15-32(16-4-1)34-27-35(33-17-5-2-6-18-33)29-36(28-34)50-45-25-13-14-26-46(45)51-44-24-12-9-21-40(44)41-30-37(31-47(50)48(41)51)49-42-22-10-7-19-38(42)39-20-8-11-23-43(39)49;1-41(2)34-17-9-8-15-30(34)31-23-21-29(26-37(31)41)43(27-13-6-5-7-14-27)28-22-24-38-33(25-28)32-16-12-19-36-40(32)44(38)39-20-11-10-18-35(39)42(36,3)4;1-39(2)31-19-10-12-22-34(31)42-36-25-28(40(26-14-5-3-6-15-26)27-16-7-4-8-17-27)24-30-29-18-9-11-21-33(29)41(37(30)36)35-23-13-20-32(39)38(35)42/h1-31H;5-26H,1-4H3;3-25H,1-2H3. The van der Waals surface area contributed by atoms with Crippen LogP contribution >= 0.6 is 0 Å². The Labute approximate surface area is 796 Å². The summed E-state index contributed by atoms with van der Waals surface area (Å²) in [4.78, 5) is 9.82. The van der Waals surface area contributed by atoms with E-state index >= 15 is 0 Å². The zero-order valence-electron chi connectivity index (χ0n) is 77.0. The maximum Gasteiger partial charge on any atom is 0.0784 e. The van der Waals surface area contributed by atoms with Gasteiger partial charge < -0.3 is 37.9 Å². The molecule has 650 valence electrons. The van der Waals surface area contributed by atoms with Crippen LogP contribution in [0.2, 0.25) is 0 Å². The lowest BCUT2D eigenvalue weighted by molar-refractivity contribution is 0.630. The van der Waals surface area contributed by atoms with Crippen LogP contribution < -0.4 is 19.6 Å².